The van der Waals surface area contributed by atoms with E-state index in [9.17, 15) is 4.79 Å². The molecule has 1 aliphatic heterocycles. The van der Waals surface area contributed by atoms with Gasteiger partial charge in [0.15, 0.2) is 0 Å². The van der Waals surface area contributed by atoms with Crippen LogP contribution in [0.25, 0.3) is 0 Å². The smallest absolute Gasteiger partial charge is 0.238 e. The molecule has 0 bridgehead atoms. The number of carbonyl (C=O) groups is 1. The maximum atomic E-state index is 12.2. The van der Waals surface area contributed by atoms with Gasteiger partial charge in [0.2, 0.25) is 5.91 Å². The highest BCUT2D eigenvalue weighted by molar-refractivity contribution is 6.31. The Bertz CT molecular complexity index is 496. The highest BCUT2D eigenvalue weighted by atomic mass is 35.5. The number of rotatable bonds is 4. The van der Waals surface area contributed by atoms with Gasteiger partial charge in [0.1, 0.15) is 0 Å². The number of hydrogen-bond acceptors (Lipinski definition) is 3. The van der Waals surface area contributed by atoms with Gasteiger partial charge in [-0.25, -0.2) is 0 Å². The fraction of sp³-hybridized carbons (Fsp3) is 0.562. The molecule has 4 nitrogen and oxygen atoms in total. The molecule has 0 saturated carbocycles. The van der Waals surface area contributed by atoms with Crippen LogP contribution in [-0.2, 0) is 4.79 Å². The van der Waals surface area contributed by atoms with Crippen LogP contribution in [0.5, 0.6) is 0 Å². The third kappa shape index (κ3) is 4.43. The summed E-state index contributed by atoms with van der Waals surface area (Å²) in [6.07, 6.45) is 2.24. The van der Waals surface area contributed by atoms with Crippen LogP contribution >= 0.6 is 11.6 Å². The first kappa shape index (κ1) is 16.3. The zero-order valence-corrected chi connectivity index (χ0v) is 13.8. The van der Waals surface area contributed by atoms with Crippen molar-refractivity contribution < 1.29 is 4.79 Å². The molecule has 0 aliphatic carbocycles. The Morgan fingerprint density at radius 2 is 2.05 bits per heavy atom. The summed E-state index contributed by atoms with van der Waals surface area (Å²) in [6, 6.07) is 6.21. The molecule has 0 atom stereocenters. The summed E-state index contributed by atoms with van der Waals surface area (Å²) in [5, 5.41) is 3.64. The van der Waals surface area contributed by atoms with Crippen LogP contribution in [0.3, 0.4) is 0 Å². The zero-order chi connectivity index (χ0) is 15.4. The maximum Gasteiger partial charge on any atom is 0.238 e. The SMILES string of the molecule is Cc1c(Cl)cccc1NC(=O)CN1CCC(N(C)C)CC1. The van der Waals surface area contributed by atoms with Gasteiger partial charge < -0.3 is 10.2 Å². The van der Waals surface area contributed by atoms with Gasteiger partial charge in [0.05, 0.1) is 6.54 Å². The van der Waals surface area contributed by atoms with Gasteiger partial charge in [0.25, 0.3) is 0 Å². The minimum Gasteiger partial charge on any atom is -0.325 e. The van der Waals surface area contributed by atoms with Crippen LogP contribution < -0.4 is 5.32 Å². The highest BCUT2D eigenvalue weighted by Crippen LogP contribution is 2.23. The molecule has 21 heavy (non-hydrogen) atoms. The number of anilines is 1. The zero-order valence-electron chi connectivity index (χ0n) is 13.0. The number of nitrogens with zero attached hydrogens (tertiary/aromatic N) is 2. The van der Waals surface area contributed by atoms with Gasteiger partial charge in [0, 0.05) is 29.8 Å². The average molecular weight is 310 g/mol. The van der Waals surface area contributed by atoms with E-state index in [2.05, 4.69) is 29.2 Å². The lowest BCUT2D eigenvalue weighted by Crippen LogP contribution is -2.44. The van der Waals surface area contributed by atoms with Crippen LogP contribution in [-0.4, -0.2) is 55.5 Å². The maximum absolute atomic E-state index is 12.2. The predicted octanol–water partition coefficient (Wildman–Crippen LogP) is 2.61. The van der Waals surface area contributed by atoms with E-state index in [1.54, 1.807) is 0 Å². The van der Waals surface area contributed by atoms with Crippen LogP contribution in [0.15, 0.2) is 18.2 Å². The Kier molecular flexibility index (Phi) is 5.62. The van der Waals surface area contributed by atoms with Crippen molar-refractivity contribution in [1.29, 1.82) is 0 Å². The van der Waals surface area contributed by atoms with E-state index < -0.39 is 0 Å². The molecule has 116 valence electrons. The number of hydrogen-bond donors (Lipinski definition) is 1. The molecular weight excluding hydrogens is 286 g/mol. The molecule has 1 saturated heterocycles. The second-order valence-electron chi connectivity index (χ2n) is 5.93. The minimum absolute atomic E-state index is 0.0312. The van der Waals surface area contributed by atoms with E-state index >= 15 is 0 Å². The van der Waals surface area contributed by atoms with Gasteiger partial charge in [-0.2, -0.15) is 0 Å². The monoisotopic (exact) mass is 309 g/mol. The Morgan fingerprint density at radius 3 is 2.67 bits per heavy atom. The molecule has 0 aromatic heterocycles. The molecule has 5 heteroatoms. The fourth-order valence-electron chi connectivity index (χ4n) is 2.73. The van der Waals surface area contributed by atoms with E-state index in [-0.39, 0.29) is 5.91 Å². The number of carbonyl (C=O) groups excluding carboxylic acids is 1. The number of benzene rings is 1. The number of amides is 1. The van der Waals surface area contributed by atoms with Crippen molar-refractivity contribution in [3.8, 4) is 0 Å². The lowest BCUT2D eigenvalue weighted by Gasteiger charge is -2.34. The minimum atomic E-state index is 0.0312. The molecule has 2 rings (SSSR count). The number of halogens is 1. The first-order valence-electron chi connectivity index (χ1n) is 7.41. The second kappa shape index (κ2) is 7.25. The van der Waals surface area contributed by atoms with Gasteiger partial charge in [-0.3, -0.25) is 9.69 Å². The first-order valence-corrected chi connectivity index (χ1v) is 7.79. The number of piperidine rings is 1. The summed E-state index contributed by atoms with van der Waals surface area (Å²) in [5.74, 6) is 0.0312. The summed E-state index contributed by atoms with van der Waals surface area (Å²) < 4.78 is 0. The fourth-order valence-corrected chi connectivity index (χ4v) is 2.90. The van der Waals surface area contributed by atoms with Crippen molar-refractivity contribution in [3.63, 3.8) is 0 Å². The van der Waals surface area contributed by atoms with Crippen molar-refractivity contribution in [2.24, 2.45) is 0 Å². The van der Waals surface area contributed by atoms with Crippen molar-refractivity contribution in [3.05, 3.63) is 28.8 Å². The van der Waals surface area contributed by atoms with E-state index in [1.165, 1.54) is 0 Å². The van der Waals surface area contributed by atoms with E-state index in [0.29, 0.717) is 17.6 Å². The molecule has 1 aromatic rings. The lowest BCUT2D eigenvalue weighted by atomic mass is 10.0. The average Bonchev–Trinajstić information content (AvgIpc) is 2.44. The second-order valence-corrected chi connectivity index (χ2v) is 6.34. The van der Waals surface area contributed by atoms with Gasteiger partial charge in [-0.05, 0) is 51.6 Å². The van der Waals surface area contributed by atoms with Crippen molar-refractivity contribution in [2.75, 3.05) is 39.0 Å². The lowest BCUT2D eigenvalue weighted by molar-refractivity contribution is -0.117. The topological polar surface area (TPSA) is 35.6 Å². The van der Waals surface area contributed by atoms with Crippen molar-refractivity contribution in [1.82, 2.24) is 9.80 Å². The van der Waals surface area contributed by atoms with Crippen LogP contribution in [0, 0.1) is 6.92 Å². The molecule has 0 spiro atoms. The molecular formula is C16H24ClN3O. The van der Waals surface area contributed by atoms with Crippen molar-refractivity contribution in [2.45, 2.75) is 25.8 Å². The van der Waals surface area contributed by atoms with E-state index in [0.717, 1.165) is 37.2 Å². The Morgan fingerprint density at radius 1 is 1.38 bits per heavy atom. The quantitative estimate of drug-likeness (QED) is 0.928. The highest BCUT2D eigenvalue weighted by Gasteiger charge is 2.22. The van der Waals surface area contributed by atoms with E-state index in [1.807, 2.05) is 25.1 Å². The number of nitrogens with one attached hydrogen (secondary N) is 1. The van der Waals surface area contributed by atoms with Gasteiger partial charge in [-0.15, -0.1) is 0 Å². The Hall–Kier alpha value is -1.10. The van der Waals surface area contributed by atoms with Crippen LogP contribution in [0.4, 0.5) is 5.69 Å². The summed E-state index contributed by atoms with van der Waals surface area (Å²) in [4.78, 5) is 16.6. The Balaban J connectivity index is 1.84. The summed E-state index contributed by atoms with van der Waals surface area (Å²) >= 11 is 6.07. The molecule has 1 amide bonds. The number of likely N-dealkylation sites (tertiary alicyclic amines) is 1. The third-order valence-corrected chi connectivity index (χ3v) is 4.61. The summed E-state index contributed by atoms with van der Waals surface area (Å²) in [6.45, 7) is 4.32. The normalized spacial score (nSPS) is 17.2. The largest absolute Gasteiger partial charge is 0.325 e. The molecule has 1 heterocycles. The first-order chi connectivity index (χ1) is 9.97. The summed E-state index contributed by atoms with van der Waals surface area (Å²) in [5.41, 5.74) is 1.72. The molecule has 1 N–H and O–H groups in total. The van der Waals surface area contributed by atoms with E-state index in [4.69, 9.17) is 11.6 Å². The standard InChI is InChI=1S/C16H24ClN3O/c1-12-14(17)5-4-6-15(12)18-16(21)11-20-9-7-13(8-10-20)19(2)3/h4-6,13H,7-11H2,1-3H3,(H,18,21). The van der Waals surface area contributed by atoms with Gasteiger partial charge >= 0.3 is 0 Å². The summed E-state index contributed by atoms with van der Waals surface area (Å²) in [7, 11) is 4.24. The molecule has 1 aromatic carbocycles. The molecule has 0 radical (unpaired) electrons. The van der Waals surface area contributed by atoms with Crippen LogP contribution in [0.1, 0.15) is 18.4 Å². The predicted molar refractivity (Wildman–Crippen MR) is 88.0 cm³/mol. The molecule has 1 aliphatic rings. The van der Waals surface area contributed by atoms with Crippen LogP contribution in [0.2, 0.25) is 5.02 Å². The third-order valence-electron chi connectivity index (χ3n) is 4.20. The molecule has 0 unspecified atom stereocenters. The van der Waals surface area contributed by atoms with Crippen molar-refractivity contribution >= 4 is 23.2 Å². The molecule has 1 fully saturated rings. The Labute approximate surface area is 132 Å². The van der Waals surface area contributed by atoms with Gasteiger partial charge in [-0.1, -0.05) is 17.7 Å².